The van der Waals surface area contributed by atoms with Crippen LogP contribution in [-0.4, -0.2) is 23.5 Å². The highest BCUT2D eigenvalue weighted by molar-refractivity contribution is 5.99. The smallest absolute Gasteiger partial charge is 0.344 e. The van der Waals surface area contributed by atoms with Crippen LogP contribution in [0.5, 0.6) is 0 Å². The van der Waals surface area contributed by atoms with Gasteiger partial charge in [-0.2, -0.15) is 0 Å². The number of ether oxygens (including phenoxy) is 1. The fourth-order valence-electron chi connectivity index (χ4n) is 2.47. The maximum absolute atomic E-state index is 12.3. The van der Waals surface area contributed by atoms with E-state index in [2.05, 4.69) is 25.9 Å². The van der Waals surface area contributed by atoms with E-state index in [-0.39, 0.29) is 23.7 Å². The number of hydrogen-bond acceptors (Lipinski definition) is 5. The third kappa shape index (κ3) is 4.35. The van der Waals surface area contributed by atoms with Gasteiger partial charge in [0.2, 0.25) is 0 Å². The van der Waals surface area contributed by atoms with Gasteiger partial charge in [0.15, 0.2) is 18.2 Å². The molecule has 0 saturated heterocycles. The summed E-state index contributed by atoms with van der Waals surface area (Å²) in [6.45, 7) is 11.5. The van der Waals surface area contributed by atoms with Crippen molar-refractivity contribution in [1.82, 2.24) is 5.16 Å². The van der Waals surface area contributed by atoms with E-state index >= 15 is 0 Å². The maximum Gasteiger partial charge on any atom is 0.344 e. The Bertz CT molecular complexity index is 764. The van der Waals surface area contributed by atoms with Gasteiger partial charge in [0.05, 0.1) is 5.69 Å². The first-order valence-electron chi connectivity index (χ1n) is 8.38. The van der Waals surface area contributed by atoms with Gasteiger partial charge in [0, 0.05) is 11.5 Å². The highest BCUT2D eigenvalue weighted by atomic mass is 16.5. The van der Waals surface area contributed by atoms with E-state index in [0.717, 1.165) is 5.56 Å². The third-order valence-electron chi connectivity index (χ3n) is 4.02. The Hall–Kier alpha value is -2.43. The van der Waals surface area contributed by atoms with Crippen LogP contribution in [0.2, 0.25) is 0 Å². The second-order valence-electron chi connectivity index (χ2n) is 7.49. The lowest BCUT2D eigenvalue weighted by Gasteiger charge is -2.18. The van der Waals surface area contributed by atoms with Crippen molar-refractivity contribution in [2.24, 2.45) is 0 Å². The van der Waals surface area contributed by atoms with E-state index in [0.29, 0.717) is 22.6 Å². The summed E-state index contributed by atoms with van der Waals surface area (Å²) >= 11 is 0. The topological polar surface area (TPSA) is 69.4 Å². The first-order chi connectivity index (χ1) is 11.6. The van der Waals surface area contributed by atoms with Gasteiger partial charge in [-0.05, 0) is 17.9 Å². The van der Waals surface area contributed by atoms with E-state index in [1.807, 2.05) is 26.0 Å². The second kappa shape index (κ2) is 7.21. The number of carbonyl (C=O) groups excluding carboxylic acids is 2. The Morgan fingerprint density at radius 1 is 1.16 bits per heavy atom. The minimum atomic E-state index is -0.581. The number of benzene rings is 1. The summed E-state index contributed by atoms with van der Waals surface area (Å²) < 4.78 is 10.4. The summed E-state index contributed by atoms with van der Waals surface area (Å²) in [5.41, 5.74) is 2.46. The molecule has 0 aliphatic rings. The van der Waals surface area contributed by atoms with Crippen LogP contribution in [-0.2, 0) is 10.2 Å². The fourth-order valence-corrected chi connectivity index (χ4v) is 2.47. The molecular formula is C20H25NO4. The van der Waals surface area contributed by atoms with Crippen LogP contribution in [0.4, 0.5) is 0 Å². The second-order valence-corrected chi connectivity index (χ2v) is 7.49. The Balaban J connectivity index is 2.05. The molecule has 2 rings (SSSR count). The van der Waals surface area contributed by atoms with Crippen molar-refractivity contribution in [2.75, 3.05) is 6.61 Å². The van der Waals surface area contributed by atoms with Crippen molar-refractivity contribution in [3.05, 3.63) is 52.4 Å². The number of hydrogen-bond donors (Lipinski definition) is 0. The van der Waals surface area contributed by atoms with Gasteiger partial charge in [-0.15, -0.1) is 0 Å². The zero-order valence-electron chi connectivity index (χ0n) is 15.7. The number of nitrogens with zero attached hydrogens (tertiary/aromatic N) is 1. The maximum atomic E-state index is 12.3. The van der Waals surface area contributed by atoms with Gasteiger partial charge < -0.3 is 9.26 Å². The molecule has 0 bridgehead atoms. The monoisotopic (exact) mass is 343 g/mol. The fraction of sp³-hybridized carbons (Fsp3) is 0.450. The van der Waals surface area contributed by atoms with Crippen LogP contribution < -0.4 is 0 Å². The average Bonchev–Trinajstić information content (AvgIpc) is 2.93. The van der Waals surface area contributed by atoms with Crippen LogP contribution >= 0.6 is 0 Å². The van der Waals surface area contributed by atoms with Crippen molar-refractivity contribution in [2.45, 2.75) is 52.9 Å². The normalized spacial score (nSPS) is 11.6. The predicted molar refractivity (Wildman–Crippen MR) is 95.1 cm³/mol. The average molecular weight is 343 g/mol. The molecule has 1 aromatic carbocycles. The van der Waals surface area contributed by atoms with Gasteiger partial charge >= 0.3 is 5.97 Å². The van der Waals surface area contributed by atoms with E-state index in [1.165, 1.54) is 0 Å². The number of Topliss-reactive ketones (excluding diaryl/α,β-unsaturated/α-hetero) is 1. The Morgan fingerprint density at radius 2 is 1.76 bits per heavy atom. The van der Waals surface area contributed by atoms with Crippen molar-refractivity contribution in [1.29, 1.82) is 0 Å². The minimum absolute atomic E-state index is 0.00407. The van der Waals surface area contributed by atoms with E-state index < -0.39 is 5.97 Å². The lowest BCUT2D eigenvalue weighted by atomic mass is 9.86. The number of ketones is 1. The summed E-state index contributed by atoms with van der Waals surface area (Å²) in [7, 11) is 0. The molecule has 0 amide bonds. The summed E-state index contributed by atoms with van der Waals surface area (Å²) in [5, 5.41) is 3.82. The summed E-state index contributed by atoms with van der Waals surface area (Å²) in [6.07, 6.45) is 0. The summed E-state index contributed by atoms with van der Waals surface area (Å²) in [6, 6.07) is 7.38. The molecule has 0 fully saturated rings. The van der Waals surface area contributed by atoms with Gasteiger partial charge in [0.1, 0.15) is 5.56 Å². The number of rotatable bonds is 5. The van der Waals surface area contributed by atoms with Gasteiger partial charge in [0.25, 0.3) is 0 Å². The van der Waals surface area contributed by atoms with Gasteiger partial charge in [-0.25, -0.2) is 4.79 Å². The van der Waals surface area contributed by atoms with Crippen LogP contribution in [0.15, 0.2) is 28.8 Å². The largest absolute Gasteiger partial charge is 0.454 e. The molecule has 1 aromatic heterocycles. The molecule has 25 heavy (non-hydrogen) atoms. The molecule has 0 aliphatic heterocycles. The Kier molecular flexibility index (Phi) is 5.45. The first-order valence-corrected chi connectivity index (χ1v) is 8.38. The molecule has 2 aromatic rings. The highest BCUT2D eigenvalue weighted by Gasteiger charge is 2.24. The third-order valence-corrected chi connectivity index (χ3v) is 4.02. The zero-order valence-corrected chi connectivity index (χ0v) is 15.7. The van der Waals surface area contributed by atoms with Crippen molar-refractivity contribution in [3.63, 3.8) is 0 Å². The lowest BCUT2D eigenvalue weighted by molar-refractivity contribution is 0.0471. The SMILES string of the molecule is Cc1noc(C(C)C)c1C(=O)OCC(=O)c1ccc(C(C)(C)C)cc1. The van der Waals surface area contributed by atoms with Crippen LogP contribution in [0.3, 0.4) is 0 Å². The molecule has 134 valence electrons. The Morgan fingerprint density at radius 3 is 2.28 bits per heavy atom. The molecule has 0 radical (unpaired) electrons. The molecule has 0 atom stereocenters. The van der Waals surface area contributed by atoms with E-state index in [9.17, 15) is 9.59 Å². The summed E-state index contributed by atoms with van der Waals surface area (Å²) in [4.78, 5) is 24.6. The molecule has 5 nitrogen and oxygen atoms in total. The number of aryl methyl sites for hydroxylation is 1. The molecule has 1 heterocycles. The predicted octanol–water partition coefficient (Wildman–Crippen LogP) is 4.44. The number of aromatic nitrogens is 1. The minimum Gasteiger partial charge on any atom is -0.454 e. The van der Waals surface area contributed by atoms with Gasteiger partial charge in [-0.1, -0.05) is 64.0 Å². The first kappa shape index (κ1) is 18.9. The zero-order chi connectivity index (χ0) is 18.8. The van der Waals surface area contributed by atoms with Crippen molar-refractivity contribution >= 4 is 11.8 Å². The summed E-state index contributed by atoms with van der Waals surface area (Å²) in [5.74, 6) is -0.343. The van der Waals surface area contributed by atoms with Crippen molar-refractivity contribution < 1.29 is 18.8 Å². The highest BCUT2D eigenvalue weighted by Crippen LogP contribution is 2.24. The molecule has 0 N–H and O–H groups in total. The van der Waals surface area contributed by atoms with Crippen molar-refractivity contribution in [3.8, 4) is 0 Å². The molecule has 5 heteroatoms. The quantitative estimate of drug-likeness (QED) is 0.593. The molecule has 0 saturated carbocycles. The number of esters is 1. The number of carbonyl (C=O) groups is 2. The van der Waals surface area contributed by atoms with Crippen LogP contribution in [0, 0.1) is 6.92 Å². The van der Waals surface area contributed by atoms with E-state index in [1.54, 1.807) is 19.1 Å². The van der Waals surface area contributed by atoms with Crippen LogP contribution in [0.1, 0.15) is 78.3 Å². The molecule has 0 aliphatic carbocycles. The molecular weight excluding hydrogens is 318 g/mol. The van der Waals surface area contributed by atoms with E-state index in [4.69, 9.17) is 9.26 Å². The Labute approximate surface area is 148 Å². The lowest BCUT2D eigenvalue weighted by Crippen LogP contribution is -2.16. The molecule has 0 spiro atoms. The van der Waals surface area contributed by atoms with Gasteiger partial charge in [-0.3, -0.25) is 4.79 Å². The molecule has 0 unspecified atom stereocenters. The standard InChI is InChI=1S/C20H25NO4/c1-12(2)18-17(13(3)21-25-18)19(23)24-11-16(22)14-7-9-15(10-8-14)20(4,5)6/h7-10,12H,11H2,1-6H3. The van der Waals surface area contributed by atoms with Crippen LogP contribution in [0.25, 0.3) is 0 Å².